The fraction of sp³-hybridized carbons (Fsp3) is 0.429. The van der Waals surface area contributed by atoms with Gasteiger partial charge in [0.2, 0.25) is 0 Å². The van der Waals surface area contributed by atoms with E-state index < -0.39 is 5.92 Å². The van der Waals surface area contributed by atoms with Crippen molar-refractivity contribution in [1.29, 1.82) is 5.26 Å². The Morgan fingerprint density at radius 3 is 2.41 bits per heavy atom. The molecule has 0 aliphatic carbocycles. The van der Waals surface area contributed by atoms with Gasteiger partial charge in [-0.15, -0.1) is 0 Å². The fourth-order valence-corrected chi connectivity index (χ4v) is 1.56. The van der Waals surface area contributed by atoms with E-state index in [4.69, 9.17) is 5.26 Å². The van der Waals surface area contributed by atoms with Gasteiger partial charge in [-0.3, -0.25) is 4.79 Å². The van der Waals surface area contributed by atoms with E-state index in [9.17, 15) is 9.18 Å². The summed E-state index contributed by atoms with van der Waals surface area (Å²) in [6.07, 6.45) is 1.17. The lowest BCUT2D eigenvalue weighted by molar-refractivity contribution is -0.119. The van der Waals surface area contributed by atoms with Crippen molar-refractivity contribution in [2.75, 3.05) is 0 Å². The molecule has 1 rings (SSSR count). The van der Waals surface area contributed by atoms with Crippen molar-refractivity contribution in [2.24, 2.45) is 5.92 Å². The number of halogens is 1. The summed E-state index contributed by atoms with van der Waals surface area (Å²) < 4.78 is 12.7. The molecule has 0 fully saturated rings. The molecule has 0 heterocycles. The van der Waals surface area contributed by atoms with E-state index in [2.05, 4.69) is 0 Å². The number of Topliss-reactive ketones (excluding diaryl/α,β-unsaturated/α-hetero) is 1. The number of carbonyl (C=O) groups excluding carboxylic acids is 1. The van der Waals surface area contributed by atoms with E-state index in [0.29, 0.717) is 17.9 Å². The fourth-order valence-electron chi connectivity index (χ4n) is 1.56. The van der Waals surface area contributed by atoms with Crippen LogP contribution in [-0.4, -0.2) is 5.78 Å². The van der Waals surface area contributed by atoms with E-state index in [1.165, 1.54) is 24.3 Å². The molecule has 1 atom stereocenters. The molecule has 90 valence electrons. The first-order valence-electron chi connectivity index (χ1n) is 5.72. The summed E-state index contributed by atoms with van der Waals surface area (Å²) in [6, 6.07) is 7.53. The van der Waals surface area contributed by atoms with Crippen LogP contribution < -0.4 is 0 Å². The van der Waals surface area contributed by atoms with Gasteiger partial charge in [-0.25, -0.2) is 4.39 Å². The van der Waals surface area contributed by atoms with Crippen molar-refractivity contribution in [3.05, 3.63) is 35.6 Å². The lowest BCUT2D eigenvalue weighted by Gasteiger charge is -2.09. The van der Waals surface area contributed by atoms with Gasteiger partial charge in [0.15, 0.2) is 5.78 Å². The molecule has 0 saturated carbocycles. The van der Waals surface area contributed by atoms with Gasteiger partial charge in [0, 0.05) is 6.42 Å². The van der Waals surface area contributed by atoms with E-state index in [0.717, 1.165) is 6.42 Å². The van der Waals surface area contributed by atoms with Gasteiger partial charge in [-0.05, 0) is 30.0 Å². The van der Waals surface area contributed by atoms with Crippen molar-refractivity contribution in [3.8, 4) is 6.07 Å². The van der Waals surface area contributed by atoms with E-state index in [-0.39, 0.29) is 11.6 Å². The Labute approximate surface area is 101 Å². The first-order valence-corrected chi connectivity index (χ1v) is 5.72. The number of rotatable bonds is 5. The van der Waals surface area contributed by atoms with E-state index >= 15 is 0 Å². The zero-order valence-corrected chi connectivity index (χ0v) is 10.1. The summed E-state index contributed by atoms with van der Waals surface area (Å²) in [5.41, 5.74) is 0.572. The molecule has 0 spiro atoms. The number of benzene rings is 1. The maximum atomic E-state index is 12.7. The van der Waals surface area contributed by atoms with Crippen molar-refractivity contribution >= 4 is 5.78 Å². The van der Waals surface area contributed by atoms with Gasteiger partial charge < -0.3 is 0 Å². The minimum Gasteiger partial charge on any atom is -0.298 e. The van der Waals surface area contributed by atoms with Crippen LogP contribution in [0.3, 0.4) is 0 Å². The third kappa shape index (κ3) is 3.99. The van der Waals surface area contributed by atoms with Crippen molar-refractivity contribution in [1.82, 2.24) is 0 Å². The molecular weight excluding hydrogens is 217 g/mol. The predicted molar refractivity (Wildman–Crippen MR) is 63.8 cm³/mol. The summed E-state index contributed by atoms with van der Waals surface area (Å²) in [5, 5.41) is 9.02. The van der Waals surface area contributed by atoms with Crippen molar-refractivity contribution in [2.45, 2.75) is 32.6 Å². The van der Waals surface area contributed by atoms with Crippen LogP contribution in [0.4, 0.5) is 4.39 Å². The highest BCUT2D eigenvalue weighted by Gasteiger charge is 2.19. The first-order chi connectivity index (χ1) is 8.04. The number of hydrogen-bond acceptors (Lipinski definition) is 2. The molecule has 0 aliphatic heterocycles. The second kappa shape index (κ2) is 6.15. The highest BCUT2D eigenvalue weighted by molar-refractivity contribution is 5.88. The zero-order chi connectivity index (χ0) is 12.8. The second-order valence-electron chi connectivity index (χ2n) is 4.51. The maximum Gasteiger partial charge on any atom is 0.154 e. The summed E-state index contributed by atoms with van der Waals surface area (Å²) >= 11 is 0. The molecule has 17 heavy (non-hydrogen) atoms. The summed E-state index contributed by atoms with van der Waals surface area (Å²) in [6.45, 7) is 4.07. The van der Waals surface area contributed by atoms with E-state index in [1.807, 2.05) is 19.9 Å². The van der Waals surface area contributed by atoms with Crippen molar-refractivity contribution < 1.29 is 9.18 Å². The number of nitriles is 1. The van der Waals surface area contributed by atoms with E-state index in [1.54, 1.807) is 0 Å². The van der Waals surface area contributed by atoms with Crippen LogP contribution in [0.1, 0.15) is 38.2 Å². The smallest absolute Gasteiger partial charge is 0.154 e. The molecule has 0 bridgehead atoms. The van der Waals surface area contributed by atoms with Gasteiger partial charge >= 0.3 is 0 Å². The molecule has 0 aromatic heterocycles. The highest BCUT2D eigenvalue weighted by atomic mass is 19.1. The van der Waals surface area contributed by atoms with Crippen LogP contribution in [0.25, 0.3) is 0 Å². The Balaban J connectivity index is 2.75. The minimum atomic E-state index is -0.769. The highest BCUT2D eigenvalue weighted by Crippen LogP contribution is 2.20. The second-order valence-corrected chi connectivity index (χ2v) is 4.51. The molecule has 0 radical (unpaired) electrons. The van der Waals surface area contributed by atoms with Gasteiger partial charge in [-0.1, -0.05) is 26.0 Å². The van der Waals surface area contributed by atoms with Gasteiger partial charge in [0.05, 0.1) is 6.07 Å². The SMILES string of the molecule is CC(C)CCC(=O)C(C#N)c1ccc(F)cc1. The predicted octanol–water partition coefficient (Wildman–Crippen LogP) is 3.44. The molecule has 0 amide bonds. The molecule has 1 unspecified atom stereocenters. The Morgan fingerprint density at radius 2 is 1.94 bits per heavy atom. The Hall–Kier alpha value is -1.69. The molecule has 3 heteroatoms. The number of carbonyl (C=O) groups is 1. The maximum absolute atomic E-state index is 12.7. The molecule has 1 aromatic rings. The Kier molecular flexibility index (Phi) is 4.84. The van der Waals surface area contributed by atoms with Crippen LogP contribution in [0.2, 0.25) is 0 Å². The third-order valence-electron chi connectivity index (χ3n) is 2.62. The monoisotopic (exact) mass is 233 g/mol. The number of hydrogen-bond donors (Lipinski definition) is 0. The topological polar surface area (TPSA) is 40.9 Å². The van der Waals surface area contributed by atoms with Crippen LogP contribution >= 0.6 is 0 Å². The molecular formula is C14H16FNO. The van der Waals surface area contributed by atoms with Crippen LogP contribution in [0.5, 0.6) is 0 Å². The summed E-state index contributed by atoms with van der Waals surface area (Å²) in [4.78, 5) is 11.8. The number of ketones is 1. The summed E-state index contributed by atoms with van der Waals surface area (Å²) in [7, 11) is 0. The standard InChI is InChI=1S/C14H16FNO/c1-10(2)3-8-14(17)13(9-16)11-4-6-12(15)7-5-11/h4-7,10,13H,3,8H2,1-2H3. The van der Waals surface area contributed by atoms with Gasteiger partial charge in [0.1, 0.15) is 11.7 Å². The molecule has 1 aromatic carbocycles. The van der Waals surface area contributed by atoms with Crippen LogP contribution in [0.15, 0.2) is 24.3 Å². The van der Waals surface area contributed by atoms with Gasteiger partial charge in [0.25, 0.3) is 0 Å². The molecule has 2 nitrogen and oxygen atoms in total. The average Bonchev–Trinajstić information content (AvgIpc) is 2.30. The number of nitrogens with zero attached hydrogens (tertiary/aromatic N) is 1. The first kappa shape index (κ1) is 13.4. The third-order valence-corrected chi connectivity index (χ3v) is 2.62. The van der Waals surface area contributed by atoms with Crippen molar-refractivity contribution in [3.63, 3.8) is 0 Å². The lowest BCUT2D eigenvalue weighted by Crippen LogP contribution is -2.11. The van der Waals surface area contributed by atoms with Crippen LogP contribution in [-0.2, 0) is 4.79 Å². The van der Waals surface area contributed by atoms with Crippen LogP contribution in [0, 0.1) is 23.1 Å². The Bertz CT molecular complexity index is 417. The minimum absolute atomic E-state index is 0.0900. The zero-order valence-electron chi connectivity index (χ0n) is 10.1. The molecule has 0 saturated heterocycles. The molecule has 0 N–H and O–H groups in total. The van der Waals surface area contributed by atoms with Gasteiger partial charge in [-0.2, -0.15) is 5.26 Å². The normalized spacial score (nSPS) is 12.2. The quantitative estimate of drug-likeness (QED) is 0.781. The molecule has 0 aliphatic rings. The Morgan fingerprint density at radius 1 is 1.35 bits per heavy atom. The summed E-state index contributed by atoms with van der Waals surface area (Å²) in [5.74, 6) is -0.784. The average molecular weight is 233 g/mol. The lowest BCUT2D eigenvalue weighted by atomic mass is 9.92. The largest absolute Gasteiger partial charge is 0.298 e.